The van der Waals surface area contributed by atoms with Gasteiger partial charge in [0.2, 0.25) is 0 Å². The highest BCUT2D eigenvalue weighted by molar-refractivity contribution is 6.39. The van der Waals surface area contributed by atoms with Crippen LogP contribution in [-0.2, 0) is 6.42 Å². The van der Waals surface area contributed by atoms with E-state index in [0.29, 0.717) is 26.9 Å². The smallest absolute Gasteiger partial charge is 0.0650 e. The van der Waals surface area contributed by atoms with Crippen molar-refractivity contribution in [1.29, 1.82) is 0 Å². The number of hydrogen-bond donors (Lipinski definition) is 1. The second-order valence-electron chi connectivity index (χ2n) is 5.88. The van der Waals surface area contributed by atoms with Gasteiger partial charge in [-0.3, -0.25) is 5.10 Å². The molecule has 0 spiro atoms. The summed E-state index contributed by atoms with van der Waals surface area (Å²) in [5, 5.41) is 10.1. The zero-order valence-electron chi connectivity index (χ0n) is 11.6. The minimum atomic E-state index is 0.428. The molecule has 1 aliphatic rings. The first kappa shape index (κ1) is 14.4. The SMILES string of the molecule is Clc1cc(Cl)c(C2CC2Cc2ccc3[nH]ncc3c2)c(Cl)c1. The molecule has 0 amide bonds. The Morgan fingerprint density at radius 1 is 1.09 bits per heavy atom. The third-order valence-electron chi connectivity index (χ3n) is 4.34. The Labute approximate surface area is 143 Å². The topological polar surface area (TPSA) is 28.7 Å². The first-order valence-corrected chi connectivity index (χ1v) is 8.31. The number of nitrogens with one attached hydrogen (secondary N) is 1. The molecule has 0 radical (unpaired) electrons. The van der Waals surface area contributed by atoms with Crippen LogP contribution in [0.15, 0.2) is 36.5 Å². The Kier molecular flexibility index (Phi) is 3.56. The molecule has 1 saturated carbocycles. The molecule has 1 aliphatic carbocycles. The van der Waals surface area contributed by atoms with Crippen LogP contribution in [0.5, 0.6) is 0 Å². The summed E-state index contributed by atoms with van der Waals surface area (Å²) in [6, 6.07) is 9.98. The van der Waals surface area contributed by atoms with Gasteiger partial charge in [0.05, 0.1) is 11.7 Å². The molecule has 0 bridgehead atoms. The molecular formula is C17H13Cl3N2. The lowest BCUT2D eigenvalue weighted by atomic mass is 10.0. The third kappa shape index (κ3) is 2.60. The summed E-state index contributed by atoms with van der Waals surface area (Å²) in [6.45, 7) is 0. The van der Waals surface area contributed by atoms with Crippen molar-refractivity contribution in [3.8, 4) is 0 Å². The molecule has 0 saturated heterocycles. The van der Waals surface area contributed by atoms with Crippen molar-refractivity contribution >= 4 is 45.7 Å². The zero-order valence-corrected chi connectivity index (χ0v) is 13.9. The molecule has 2 aromatic carbocycles. The third-order valence-corrected chi connectivity index (χ3v) is 5.18. The average Bonchev–Trinajstić information content (AvgIpc) is 3.02. The van der Waals surface area contributed by atoms with E-state index in [0.717, 1.165) is 29.3 Å². The van der Waals surface area contributed by atoms with Crippen LogP contribution in [-0.4, -0.2) is 10.2 Å². The maximum atomic E-state index is 6.32. The number of halogens is 3. The van der Waals surface area contributed by atoms with E-state index in [2.05, 4.69) is 28.4 Å². The van der Waals surface area contributed by atoms with Crippen molar-refractivity contribution in [1.82, 2.24) is 10.2 Å². The quantitative estimate of drug-likeness (QED) is 0.628. The number of nitrogens with zero attached hydrogens (tertiary/aromatic N) is 1. The summed E-state index contributed by atoms with van der Waals surface area (Å²) in [7, 11) is 0. The van der Waals surface area contributed by atoms with E-state index in [9.17, 15) is 0 Å². The minimum absolute atomic E-state index is 0.428. The fourth-order valence-electron chi connectivity index (χ4n) is 3.16. The van der Waals surface area contributed by atoms with Crippen LogP contribution < -0.4 is 0 Å². The Morgan fingerprint density at radius 3 is 2.64 bits per heavy atom. The fourth-order valence-corrected chi connectivity index (χ4v) is 4.25. The predicted octanol–water partition coefficient (Wildman–Crippen LogP) is 5.87. The molecule has 4 rings (SSSR count). The van der Waals surface area contributed by atoms with E-state index in [4.69, 9.17) is 34.8 Å². The highest BCUT2D eigenvalue weighted by Crippen LogP contribution is 2.53. The molecule has 1 N–H and O–H groups in total. The first-order chi connectivity index (χ1) is 10.6. The van der Waals surface area contributed by atoms with Crippen LogP contribution in [0, 0.1) is 5.92 Å². The summed E-state index contributed by atoms with van der Waals surface area (Å²) < 4.78 is 0. The highest BCUT2D eigenvalue weighted by Gasteiger charge is 2.40. The van der Waals surface area contributed by atoms with Gasteiger partial charge in [-0.05, 0) is 60.1 Å². The van der Waals surface area contributed by atoms with E-state index in [1.54, 1.807) is 12.1 Å². The number of benzene rings is 2. The standard InChI is InChI=1S/C17H13Cl3N2/c18-12-6-14(19)17(15(20)7-12)13-5-10(13)3-9-1-2-16-11(4-9)8-21-22-16/h1-2,4,6-8,10,13H,3,5H2,(H,21,22). The van der Waals surface area contributed by atoms with Gasteiger partial charge in [0.25, 0.3) is 0 Å². The first-order valence-electron chi connectivity index (χ1n) is 7.18. The van der Waals surface area contributed by atoms with Gasteiger partial charge < -0.3 is 0 Å². The average molecular weight is 352 g/mol. The van der Waals surface area contributed by atoms with E-state index in [-0.39, 0.29) is 0 Å². The van der Waals surface area contributed by atoms with Crippen LogP contribution in [0.1, 0.15) is 23.5 Å². The monoisotopic (exact) mass is 350 g/mol. The largest absolute Gasteiger partial charge is 0.278 e. The maximum absolute atomic E-state index is 6.32. The van der Waals surface area contributed by atoms with Gasteiger partial charge in [-0.1, -0.05) is 40.9 Å². The van der Waals surface area contributed by atoms with Gasteiger partial charge in [-0.15, -0.1) is 0 Å². The molecule has 2 atom stereocenters. The number of H-pyrrole nitrogens is 1. The molecule has 2 nitrogen and oxygen atoms in total. The molecule has 5 heteroatoms. The fraction of sp³-hybridized carbons (Fsp3) is 0.235. The van der Waals surface area contributed by atoms with Gasteiger partial charge in [0.1, 0.15) is 0 Å². The van der Waals surface area contributed by atoms with E-state index in [1.807, 2.05) is 6.20 Å². The molecule has 1 heterocycles. The molecule has 0 aliphatic heterocycles. The summed E-state index contributed by atoms with van der Waals surface area (Å²) in [5.41, 5.74) is 3.43. The second kappa shape index (κ2) is 5.45. The lowest BCUT2D eigenvalue weighted by Gasteiger charge is -2.08. The number of rotatable bonds is 3. The van der Waals surface area contributed by atoms with Crippen LogP contribution >= 0.6 is 34.8 Å². The van der Waals surface area contributed by atoms with Crippen molar-refractivity contribution in [2.24, 2.45) is 5.92 Å². The summed E-state index contributed by atoms with van der Waals surface area (Å²) >= 11 is 18.6. The minimum Gasteiger partial charge on any atom is -0.278 e. The Bertz CT molecular complexity index is 833. The molecule has 1 fully saturated rings. The summed E-state index contributed by atoms with van der Waals surface area (Å²) in [5.74, 6) is 1.01. The van der Waals surface area contributed by atoms with Crippen LogP contribution in [0.4, 0.5) is 0 Å². The van der Waals surface area contributed by atoms with Crippen molar-refractivity contribution in [2.45, 2.75) is 18.8 Å². The Balaban J connectivity index is 1.55. The van der Waals surface area contributed by atoms with Gasteiger partial charge in [-0.2, -0.15) is 5.10 Å². The van der Waals surface area contributed by atoms with Gasteiger partial charge in [0, 0.05) is 20.5 Å². The lowest BCUT2D eigenvalue weighted by molar-refractivity contribution is 0.796. The van der Waals surface area contributed by atoms with Gasteiger partial charge in [-0.25, -0.2) is 0 Å². The van der Waals surface area contributed by atoms with Crippen molar-refractivity contribution in [3.05, 3.63) is 62.7 Å². The number of hydrogen-bond acceptors (Lipinski definition) is 1. The molecule has 112 valence electrons. The van der Waals surface area contributed by atoms with Crippen molar-refractivity contribution in [3.63, 3.8) is 0 Å². The summed E-state index contributed by atoms with van der Waals surface area (Å²) in [4.78, 5) is 0. The van der Waals surface area contributed by atoms with Crippen LogP contribution in [0.2, 0.25) is 15.1 Å². The van der Waals surface area contributed by atoms with Crippen molar-refractivity contribution in [2.75, 3.05) is 0 Å². The van der Waals surface area contributed by atoms with E-state index < -0.39 is 0 Å². The maximum Gasteiger partial charge on any atom is 0.0650 e. The Morgan fingerprint density at radius 2 is 1.86 bits per heavy atom. The predicted molar refractivity (Wildman–Crippen MR) is 92.1 cm³/mol. The number of fused-ring (bicyclic) bond motifs is 1. The van der Waals surface area contributed by atoms with E-state index in [1.165, 1.54) is 5.56 Å². The van der Waals surface area contributed by atoms with Crippen LogP contribution in [0.3, 0.4) is 0 Å². The highest BCUT2D eigenvalue weighted by atomic mass is 35.5. The number of aromatic nitrogens is 2. The molecular weight excluding hydrogens is 339 g/mol. The summed E-state index contributed by atoms with van der Waals surface area (Å²) in [6.07, 6.45) is 4.00. The van der Waals surface area contributed by atoms with Gasteiger partial charge in [0.15, 0.2) is 0 Å². The molecule has 22 heavy (non-hydrogen) atoms. The molecule has 2 unspecified atom stereocenters. The number of aromatic amines is 1. The second-order valence-corrected chi connectivity index (χ2v) is 7.13. The molecule has 3 aromatic rings. The van der Waals surface area contributed by atoms with Gasteiger partial charge >= 0.3 is 0 Å². The lowest BCUT2D eigenvalue weighted by Crippen LogP contribution is -1.92. The van der Waals surface area contributed by atoms with Crippen molar-refractivity contribution < 1.29 is 0 Å². The normalized spacial score (nSPS) is 20.5. The van der Waals surface area contributed by atoms with Crippen LogP contribution in [0.25, 0.3) is 10.9 Å². The zero-order chi connectivity index (χ0) is 15.3. The van der Waals surface area contributed by atoms with E-state index >= 15 is 0 Å². The molecule has 1 aromatic heterocycles. The Hall–Kier alpha value is -1.22.